The molecule has 0 unspecified atom stereocenters. The Balaban J connectivity index is 1.67. The third kappa shape index (κ3) is 4.31. The van der Waals surface area contributed by atoms with Gasteiger partial charge in [-0.1, -0.05) is 31.2 Å². The molecular formula is C20H24N2O3S. The van der Waals surface area contributed by atoms with Crippen LogP contribution < -0.4 is 5.32 Å². The Kier molecular flexibility index (Phi) is 5.44. The van der Waals surface area contributed by atoms with E-state index in [-0.39, 0.29) is 17.3 Å². The number of carbonyl (C=O) groups excluding carboxylic acids is 1. The highest BCUT2D eigenvalue weighted by Gasteiger charge is 2.24. The van der Waals surface area contributed by atoms with Gasteiger partial charge in [-0.3, -0.25) is 4.79 Å². The van der Waals surface area contributed by atoms with Crippen LogP contribution in [0.25, 0.3) is 0 Å². The van der Waals surface area contributed by atoms with E-state index in [0.29, 0.717) is 11.6 Å². The maximum absolute atomic E-state index is 12.7. The molecule has 6 heteroatoms. The maximum Gasteiger partial charge on any atom is 0.251 e. The van der Waals surface area contributed by atoms with Gasteiger partial charge in [-0.2, -0.15) is 4.31 Å². The zero-order chi connectivity index (χ0) is 18.7. The molecule has 5 nitrogen and oxygen atoms in total. The van der Waals surface area contributed by atoms with Crippen molar-refractivity contribution in [2.75, 3.05) is 7.05 Å². The fourth-order valence-electron chi connectivity index (χ4n) is 2.68. The molecule has 1 N–H and O–H groups in total. The molecular weight excluding hydrogens is 348 g/mol. The number of nitrogens with one attached hydrogen (secondary N) is 1. The van der Waals surface area contributed by atoms with Crippen LogP contribution in [-0.4, -0.2) is 31.7 Å². The van der Waals surface area contributed by atoms with Crippen molar-refractivity contribution in [2.45, 2.75) is 43.7 Å². The summed E-state index contributed by atoms with van der Waals surface area (Å²) in [6.45, 7) is 2.28. The number of rotatable bonds is 7. The predicted octanol–water partition coefficient (Wildman–Crippen LogP) is 2.96. The highest BCUT2D eigenvalue weighted by Crippen LogP contribution is 2.20. The first-order valence-electron chi connectivity index (χ1n) is 8.85. The molecule has 0 aliphatic heterocycles. The number of carbonyl (C=O) groups is 1. The number of sulfonamides is 1. The average molecular weight is 372 g/mol. The van der Waals surface area contributed by atoms with Crippen LogP contribution in [0.3, 0.4) is 0 Å². The van der Waals surface area contributed by atoms with E-state index in [9.17, 15) is 13.2 Å². The van der Waals surface area contributed by atoms with Gasteiger partial charge in [0.2, 0.25) is 10.0 Å². The van der Waals surface area contributed by atoms with E-state index in [0.717, 1.165) is 30.4 Å². The number of hydrogen-bond donors (Lipinski definition) is 1. The summed E-state index contributed by atoms with van der Waals surface area (Å²) in [4.78, 5) is 12.3. The summed E-state index contributed by atoms with van der Waals surface area (Å²) < 4.78 is 26.7. The van der Waals surface area contributed by atoms with Crippen molar-refractivity contribution in [3.05, 3.63) is 65.2 Å². The van der Waals surface area contributed by atoms with Crippen molar-refractivity contribution in [1.82, 2.24) is 9.62 Å². The molecule has 1 aliphatic rings. The van der Waals surface area contributed by atoms with Crippen LogP contribution in [0.2, 0.25) is 0 Å². The lowest BCUT2D eigenvalue weighted by Crippen LogP contribution is -2.27. The van der Waals surface area contributed by atoms with Crippen molar-refractivity contribution >= 4 is 15.9 Å². The van der Waals surface area contributed by atoms with Crippen LogP contribution >= 0.6 is 0 Å². The Hall–Kier alpha value is -2.18. The SMILES string of the molecule is CCc1ccc(S(=O)(=O)N(C)Cc2ccc(C(=O)NC3CC3)cc2)cc1. The monoisotopic (exact) mass is 372 g/mol. The normalized spacial score (nSPS) is 14.4. The van der Waals surface area contributed by atoms with E-state index >= 15 is 0 Å². The van der Waals surface area contributed by atoms with Crippen molar-refractivity contribution in [2.24, 2.45) is 0 Å². The van der Waals surface area contributed by atoms with Crippen molar-refractivity contribution in [3.63, 3.8) is 0 Å². The van der Waals surface area contributed by atoms with Gasteiger partial charge in [0, 0.05) is 25.2 Å². The molecule has 0 heterocycles. The Labute approximate surface area is 155 Å². The summed E-state index contributed by atoms with van der Waals surface area (Å²) in [5, 5.41) is 2.94. The third-order valence-corrected chi connectivity index (χ3v) is 6.39. The highest BCUT2D eigenvalue weighted by molar-refractivity contribution is 7.89. The fourth-order valence-corrected chi connectivity index (χ4v) is 3.84. The molecule has 0 bridgehead atoms. The molecule has 2 aromatic rings. The second-order valence-electron chi connectivity index (χ2n) is 6.70. The number of aryl methyl sites for hydroxylation is 1. The second-order valence-corrected chi connectivity index (χ2v) is 8.75. The molecule has 0 spiro atoms. The molecule has 0 radical (unpaired) electrons. The molecule has 1 fully saturated rings. The van der Waals surface area contributed by atoms with Crippen LogP contribution in [0.15, 0.2) is 53.4 Å². The fraction of sp³-hybridized carbons (Fsp3) is 0.350. The zero-order valence-corrected chi connectivity index (χ0v) is 15.9. The van der Waals surface area contributed by atoms with Gasteiger partial charge in [-0.15, -0.1) is 0 Å². The second kappa shape index (κ2) is 7.60. The van der Waals surface area contributed by atoms with Gasteiger partial charge in [0.1, 0.15) is 0 Å². The van der Waals surface area contributed by atoms with Crippen LogP contribution in [0.1, 0.15) is 41.3 Å². The smallest absolute Gasteiger partial charge is 0.251 e. The number of benzene rings is 2. The first-order valence-corrected chi connectivity index (χ1v) is 10.3. The molecule has 0 saturated heterocycles. The van der Waals surface area contributed by atoms with Crippen LogP contribution in [0.4, 0.5) is 0 Å². The molecule has 3 rings (SSSR count). The lowest BCUT2D eigenvalue weighted by Gasteiger charge is -2.17. The molecule has 1 aliphatic carbocycles. The van der Waals surface area contributed by atoms with Crippen molar-refractivity contribution in [1.29, 1.82) is 0 Å². The van der Waals surface area contributed by atoms with E-state index in [1.54, 1.807) is 43.4 Å². The van der Waals surface area contributed by atoms with E-state index in [2.05, 4.69) is 5.32 Å². The Morgan fingerprint density at radius 3 is 2.15 bits per heavy atom. The summed E-state index contributed by atoms with van der Waals surface area (Å²) in [6, 6.07) is 14.4. The number of amides is 1. The summed E-state index contributed by atoms with van der Waals surface area (Å²) in [6.07, 6.45) is 2.97. The summed E-state index contributed by atoms with van der Waals surface area (Å²) >= 11 is 0. The zero-order valence-electron chi connectivity index (χ0n) is 15.1. The quantitative estimate of drug-likeness (QED) is 0.813. The lowest BCUT2D eigenvalue weighted by atomic mass is 10.1. The van der Waals surface area contributed by atoms with Gasteiger partial charge in [-0.25, -0.2) is 8.42 Å². The van der Waals surface area contributed by atoms with Gasteiger partial charge in [0.05, 0.1) is 4.90 Å². The molecule has 26 heavy (non-hydrogen) atoms. The third-order valence-electron chi connectivity index (χ3n) is 4.57. The summed E-state index contributed by atoms with van der Waals surface area (Å²) in [7, 11) is -1.98. The Morgan fingerprint density at radius 2 is 1.62 bits per heavy atom. The largest absolute Gasteiger partial charge is 0.349 e. The van der Waals surface area contributed by atoms with E-state index < -0.39 is 10.0 Å². The van der Waals surface area contributed by atoms with Crippen molar-refractivity contribution < 1.29 is 13.2 Å². The first-order chi connectivity index (χ1) is 12.4. The van der Waals surface area contributed by atoms with E-state index in [1.165, 1.54) is 4.31 Å². The number of nitrogens with zero attached hydrogens (tertiary/aromatic N) is 1. The molecule has 2 aromatic carbocycles. The van der Waals surface area contributed by atoms with Gasteiger partial charge in [0.25, 0.3) is 5.91 Å². The van der Waals surface area contributed by atoms with Gasteiger partial charge < -0.3 is 5.32 Å². The minimum absolute atomic E-state index is 0.0731. The molecule has 1 saturated carbocycles. The molecule has 1 amide bonds. The topological polar surface area (TPSA) is 66.5 Å². The summed E-state index contributed by atoms with van der Waals surface area (Å²) in [5.74, 6) is -0.0731. The van der Waals surface area contributed by atoms with Crippen molar-refractivity contribution in [3.8, 4) is 0 Å². The number of hydrogen-bond acceptors (Lipinski definition) is 3. The predicted molar refractivity (Wildman–Crippen MR) is 101 cm³/mol. The Morgan fingerprint density at radius 1 is 1.04 bits per heavy atom. The standard InChI is InChI=1S/C20H24N2O3S/c1-3-15-6-12-19(13-7-15)26(24,25)22(2)14-16-4-8-17(9-5-16)20(23)21-18-10-11-18/h4-9,12-13,18H,3,10-11,14H2,1-2H3,(H,21,23). The summed E-state index contributed by atoms with van der Waals surface area (Å²) in [5.41, 5.74) is 2.54. The maximum atomic E-state index is 12.7. The molecule has 0 atom stereocenters. The van der Waals surface area contributed by atoms with Crippen LogP contribution in [0.5, 0.6) is 0 Å². The van der Waals surface area contributed by atoms with Crippen LogP contribution in [-0.2, 0) is 23.0 Å². The highest BCUT2D eigenvalue weighted by atomic mass is 32.2. The minimum Gasteiger partial charge on any atom is -0.349 e. The van der Waals surface area contributed by atoms with E-state index in [1.807, 2.05) is 19.1 Å². The van der Waals surface area contributed by atoms with Gasteiger partial charge in [0.15, 0.2) is 0 Å². The van der Waals surface area contributed by atoms with Crippen LogP contribution in [0, 0.1) is 0 Å². The van der Waals surface area contributed by atoms with Gasteiger partial charge >= 0.3 is 0 Å². The van der Waals surface area contributed by atoms with Gasteiger partial charge in [-0.05, 0) is 54.7 Å². The Bertz CT molecular complexity index is 870. The first kappa shape index (κ1) is 18.6. The molecule has 0 aromatic heterocycles. The van der Waals surface area contributed by atoms with E-state index in [4.69, 9.17) is 0 Å². The minimum atomic E-state index is -3.54. The average Bonchev–Trinajstić information content (AvgIpc) is 3.46. The molecule has 138 valence electrons. The lowest BCUT2D eigenvalue weighted by molar-refractivity contribution is 0.0951.